The molecule has 0 bridgehead atoms. The Bertz CT molecular complexity index is 1410. The van der Waals surface area contributed by atoms with Crippen molar-refractivity contribution >= 4 is 0 Å². The van der Waals surface area contributed by atoms with Crippen LogP contribution in [0.2, 0.25) is 0 Å². The molecule has 0 aliphatic rings. The highest BCUT2D eigenvalue weighted by molar-refractivity contribution is 4.64. The van der Waals surface area contributed by atoms with E-state index in [1.165, 1.54) is 0 Å². The Morgan fingerprint density at radius 3 is 0.325 bits per heavy atom. The van der Waals surface area contributed by atoms with Gasteiger partial charge in [0, 0.05) is 6.61 Å². The SMILES string of the molecule is CCOC(C)COC(C)COC(C)COC(C)COC(C)COC(C)COC(C)COC(C)COC(C)COC(C)COC(C)COC(C)COC(C)COC(C)COC(C)COC(C)COC(C)COC(C)COC(C)COC(C)CO. The van der Waals surface area contributed by atoms with E-state index in [1.54, 1.807) is 0 Å². The molecule has 0 saturated heterocycles. The van der Waals surface area contributed by atoms with Crippen LogP contribution in [0.4, 0.5) is 0 Å². The fourth-order valence-corrected chi connectivity index (χ4v) is 6.95. The van der Waals surface area contributed by atoms with Crippen molar-refractivity contribution in [2.45, 2.75) is 267 Å². The molecule has 0 heterocycles. The van der Waals surface area contributed by atoms with Crippen molar-refractivity contribution < 1.29 is 99.8 Å². The van der Waals surface area contributed by atoms with Gasteiger partial charge in [-0.2, -0.15) is 0 Å². The molecule has 20 unspecified atom stereocenters. The Morgan fingerprint density at radius 2 is 0.241 bits per heavy atom. The third kappa shape index (κ3) is 51.7. The second kappa shape index (κ2) is 52.0. The van der Waals surface area contributed by atoms with Crippen LogP contribution >= 0.6 is 0 Å². The molecule has 0 amide bonds. The highest BCUT2D eigenvalue weighted by Gasteiger charge is 2.19. The van der Waals surface area contributed by atoms with Gasteiger partial charge in [-0.25, -0.2) is 0 Å². The molecule has 1 N–H and O–H groups in total. The zero-order valence-corrected chi connectivity index (χ0v) is 56.0. The lowest BCUT2D eigenvalue weighted by Crippen LogP contribution is -2.31. The van der Waals surface area contributed by atoms with Gasteiger partial charge in [0.25, 0.3) is 0 Å². The highest BCUT2D eigenvalue weighted by Crippen LogP contribution is 2.10. The van der Waals surface area contributed by atoms with Crippen molar-refractivity contribution in [3.8, 4) is 0 Å². The van der Waals surface area contributed by atoms with Gasteiger partial charge in [0.05, 0.1) is 254 Å². The van der Waals surface area contributed by atoms with Crippen molar-refractivity contribution in [2.75, 3.05) is 139 Å². The maximum Gasteiger partial charge on any atom is 0.0781 e. The summed E-state index contributed by atoms with van der Waals surface area (Å²) in [5.41, 5.74) is 0. The van der Waals surface area contributed by atoms with Crippen LogP contribution in [0.3, 0.4) is 0 Å². The van der Waals surface area contributed by atoms with Crippen molar-refractivity contribution in [1.29, 1.82) is 0 Å². The third-order valence-corrected chi connectivity index (χ3v) is 12.4. The average molecular weight is 1210 g/mol. The lowest BCUT2D eigenvalue weighted by atomic mass is 10.3. The lowest BCUT2D eigenvalue weighted by Gasteiger charge is -2.24. The van der Waals surface area contributed by atoms with Crippen LogP contribution in [0.5, 0.6) is 0 Å². The summed E-state index contributed by atoms with van der Waals surface area (Å²) in [5.74, 6) is 0. The quantitative estimate of drug-likeness (QED) is 0.0611. The van der Waals surface area contributed by atoms with E-state index in [2.05, 4.69) is 0 Å². The Morgan fingerprint density at radius 1 is 0.157 bits per heavy atom. The summed E-state index contributed by atoms with van der Waals surface area (Å²) in [4.78, 5) is 0. The molecule has 0 aliphatic carbocycles. The second-order valence-electron chi connectivity index (χ2n) is 23.2. The first-order chi connectivity index (χ1) is 39.3. The summed E-state index contributed by atoms with van der Waals surface area (Å²) in [5, 5.41) is 9.09. The molecule has 0 radical (unpaired) electrons. The van der Waals surface area contributed by atoms with Gasteiger partial charge in [0.2, 0.25) is 0 Å². The Balaban J connectivity index is 4.03. The van der Waals surface area contributed by atoms with E-state index in [9.17, 15) is 0 Å². The Hall–Kier alpha value is -0.840. The lowest BCUT2D eigenvalue weighted by molar-refractivity contribution is -0.117. The number of aliphatic hydroxyl groups is 1. The molecule has 500 valence electrons. The largest absolute Gasteiger partial charge is 0.394 e. The first-order valence-corrected chi connectivity index (χ1v) is 31.2. The van der Waals surface area contributed by atoms with Crippen LogP contribution in [0.1, 0.15) is 145 Å². The first kappa shape index (κ1) is 82.2. The number of aliphatic hydroxyl groups excluding tert-OH is 1. The van der Waals surface area contributed by atoms with E-state index in [0.29, 0.717) is 132 Å². The maximum absolute atomic E-state index is 9.09. The van der Waals surface area contributed by atoms with Gasteiger partial charge in [0.15, 0.2) is 0 Å². The molecule has 20 atom stereocenters. The van der Waals surface area contributed by atoms with Crippen molar-refractivity contribution in [1.82, 2.24) is 0 Å². The fraction of sp³-hybridized carbons (Fsp3) is 1.00. The minimum Gasteiger partial charge on any atom is -0.394 e. The van der Waals surface area contributed by atoms with Crippen molar-refractivity contribution in [3.05, 3.63) is 0 Å². The molecule has 0 rings (SSSR count). The maximum atomic E-state index is 9.09. The molecule has 0 aromatic heterocycles. The fourth-order valence-electron chi connectivity index (χ4n) is 6.95. The zero-order chi connectivity index (χ0) is 62.5. The number of hydrogen-bond donors (Lipinski definition) is 1. The van der Waals surface area contributed by atoms with Gasteiger partial charge in [-0.05, 0) is 145 Å². The van der Waals surface area contributed by atoms with E-state index in [-0.39, 0.29) is 129 Å². The molecule has 83 heavy (non-hydrogen) atoms. The average Bonchev–Trinajstić information content (AvgIpc) is 3.46. The van der Waals surface area contributed by atoms with Gasteiger partial charge in [-0.3, -0.25) is 0 Å². The van der Waals surface area contributed by atoms with E-state index < -0.39 is 0 Å². The summed E-state index contributed by atoms with van der Waals surface area (Å²) < 4.78 is 118. The first-order valence-electron chi connectivity index (χ1n) is 31.2. The van der Waals surface area contributed by atoms with Gasteiger partial charge in [-0.1, -0.05) is 0 Å². The number of hydrogen-bond acceptors (Lipinski definition) is 21. The smallest absolute Gasteiger partial charge is 0.0781 e. The van der Waals surface area contributed by atoms with Crippen molar-refractivity contribution in [2.24, 2.45) is 0 Å². The topological polar surface area (TPSA) is 205 Å². The molecular formula is C62H126O21. The minimum atomic E-state index is -0.206. The van der Waals surface area contributed by atoms with Gasteiger partial charge >= 0.3 is 0 Å². The van der Waals surface area contributed by atoms with Crippen LogP contribution in [-0.2, 0) is 94.7 Å². The molecule has 21 heteroatoms. The van der Waals surface area contributed by atoms with Crippen LogP contribution < -0.4 is 0 Å². The predicted molar refractivity (Wildman–Crippen MR) is 321 cm³/mol. The summed E-state index contributed by atoms with van der Waals surface area (Å²) in [6.07, 6.45) is -1.90. The summed E-state index contributed by atoms with van der Waals surface area (Å²) >= 11 is 0. The molecule has 0 fully saturated rings. The van der Waals surface area contributed by atoms with Crippen molar-refractivity contribution in [3.63, 3.8) is 0 Å². The molecule has 0 aliphatic heterocycles. The van der Waals surface area contributed by atoms with Gasteiger partial charge < -0.3 is 99.8 Å². The van der Waals surface area contributed by atoms with E-state index in [1.807, 2.05) is 145 Å². The Labute approximate surface area is 504 Å². The zero-order valence-electron chi connectivity index (χ0n) is 56.0. The summed E-state index contributed by atoms with van der Waals surface area (Å²) in [6, 6.07) is 0. The highest BCUT2D eigenvalue weighted by atomic mass is 16.6. The molecule has 0 saturated carbocycles. The molecule has 21 nitrogen and oxygen atoms in total. The Kier molecular flexibility index (Phi) is 51.5. The predicted octanol–water partition coefficient (Wildman–Crippen LogP) is 8.10. The van der Waals surface area contributed by atoms with Gasteiger partial charge in [-0.15, -0.1) is 0 Å². The molecule has 0 spiro atoms. The monoisotopic (exact) mass is 1210 g/mol. The van der Waals surface area contributed by atoms with Crippen LogP contribution in [0, 0.1) is 0 Å². The summed E-state index contributed by atoms with van der Waals surface area (Å²) in [6.45, 7) is 50.7. The normalized spacial score (nSPS) is 19.7. The number of rotatable bonds is 60. The third-order valence-electron chi connectivity index (χ3n) is 12.4. The van der Waals surface area contributed by atoms with Crippen LogP contribution in [0.15, 0.2) is 0 Å². The summed E-state index contributed by atoms with van der Waals surface area (Å²) in [7, 11) is 0. The number of ether oxygens (including phenoxy) is 20. The minimum absolute atomic E-state index is 0.0127. The van der Waals surface area contributed by atoms with Crippen LogP contribution in [-0.4, -0.2) is 266 Å². The standard InChI is InChI=1S/C62H126O21/c1-22-64-44(3)24-66-46(5)26-68-48(7)28-70-50(9)30-72-52(11)32-74-54(13)34-76-56(15)36-78-58(17)38-80-60(19)40-82-62(21)42-83-61(20)41-81-59(18)39-79-57(16)37-77-55(14)35-75-53(12)33-73-51(10)31-71-49(8)29-69-47(6)27-67-45(4)25-65-43(2)23-63/h43-63H,22-42H2,1-21H3. The molecule has 0 aromatic carbocycles. The van der Waals surface area contributed by atoms with E-state index in [4.69, 9.17) is 99.8 Å². The molecular weight excluding hydrogens is 1080 g/mol. The van der Waals surface area contributed by atoms with E-state index >= 15 is 0 Å². The van der Waals surface area contributed by atoms with Gasteiger partial charge in [0.1, 0.15) is 0 Å². The van der Waals surface area contributed by atoms with E-state index in [0.717, 1.165) is 0 Å². The molecule has 0 aromatic rings. The second-order valence-corrected chi connectivity index (χ2v) is 23.2. The van der Waals surface area contributed by atoms with Crippen LogP contribution in [0.25, 0.3) is 0 Å².